The summed E-state index contributed by atoms with van der Waals surface area (Å²) in [7, 11) is -2.05. The van der Waals surface area contributed by atoms with Crippen LogP contribution in [-0.2, 0) is 15.0 Å². The molecule has 2 saturated carbocycles. The van der Waals surface area contributed by atoms with Gasteiger partial charge in [-0.3, -0.25) is 4.79 Å². The van der Waals surface area contributed by atoms with Gasteiger partial charge in [0.1, 0.15) is 6.04 Å². The van der Waals surface area contributed by atoms with E-state index in [-0.39, 0.29) is 11.5 Å². The number of hydrogen-bond acceptors (Lipinski definition) is 3. The van der Waals surface area contributed by atoms with Crippen molar-refractivity contribution in [1.82, 2.24) is 8.61 Å². The van der Waals surface area contributed by atoms with E-state index in [1.165, 1.54) is 8.61 Å². The summed E-state index contributed by atoms with van der Waals surface area (Å²) in [5.74, 6) is -1.00. The monoisotopic (exact) mass is 302 g/mol. The first-order chi connectivity index (χ1) is 9.38. The second kappa shape index (κ2) is 4.68. The van der Waals surface area contributed by atoms with E-state index < -0.39 is 22.2 Å². The predicted molar refractivity (Wildman–Crippen MR) is 73.4 cm³/mol. The second-order valence-corrected chi connectivity index (χ2v) is 8.40. The molecule has 1 saturated heterocycles. The number of carbonyl (C=O) groups is 1. The molecular weight excluding hydrogens is 280 g/mol. The first-order valence-corrected chi connectivity index (χ1v) is 8.76. The van der Waals surface area contributed by atoms with E-state index in [9.17, 15) is 18.3 Å². The van der Waals surface area contributed by atoms with Gasteiger partial charge in [0.25, 0.3) is 10.2 Å². The maximum Gasteiger partial charge on any atom is 0.322 e. The molecule has 0 bridgehead atoms. The zero-order valence-electron chi connectivity index (χ0n) is 11.8. The van der Waals surface area contributed by atoms with Crippen LogP contribution >= 0.6 is 0 Å². The van der Waals surface area contributed by atoms with Gasteiger partial charge in [-0.15, -0.1) is 0 Å². The van der Waals surface area contributed by atoms with Gasteiger partial charge in [0.05, 0.1) is 0 Å². The summed E-state index contributed by atoms with van der Waals surface area (Å²) < 4.78 is 27.9. The number of carboxylic acid groups (broad SMARTS) is 1. The van der Waals surface area contributed by atoms with Crippen LogP contribution in [-0.4, -0.2) is 53.8 Å². The van der Waals surface area contributed by atoms with E-state index in [0.717, 1.165) is 44.9 Å². The lowest BCUT2D eigenvalue weighted by Crippen LogP contribution is -2.73. The zero-order chi connectivity index (χ0) is 14.5. The molecule has 0 radical (unpaired) electrons. The molecule has 3 rings (SSSR count). The summed E-state index contributed by atoms with van der Waals surface area (Å²) in [4.78, 5) is 11.5. The molecule has 1 unspecified atom stereocenters. The molecule has 3 aliphatic rings. The fourth-order valence-electron chi connectivity index (χ4n) is 3.97. The topological polar surface area (TPSA) is 77.9 Å². The summed E-state index contributed by atoms with van der Waals surface area (Å²) in [6.07, 6.45) is 6.55. The normalized spacial score (nSPS) is 30.4. The molecule has 20 heavy (non-hydrogen) atoms. The molecule has 1 N–H and O–H groups in total. The number of carboxylic acids is 1. The van der Waals surface area contributed by atoms with Crippen LogP contribution in [0.15, 0.2) is 0 Å². The van der Waals surface area contributed by atoms with Crippen LogP contribution in [0.25, 0.3) is 0 Å². The quantitative estimate of drug-likeness (QED) is 0.842. The van der Waals surface area contributed by atoms with Crippen molar-refractivity contribution in [2.45, 2.75) is 57.0 Å². The maximum absolute atomic E-state index is 12.6. The summed E-state index contributed by atoms with van der Waals surface area (Å²) >= 11 is 0. The van der Waals surface area contributed by atoms with Crippen LogP contribution in [0, 0.1) is 5.41 Å². The standard InChI is InChI=1S/C13H22N2O4S/c1-14(10-5-2-3-6-10)20(18,19)15-9-13(7-4-8-13)11(15)12(16)17/h10-11H,2-9H2,1H3,(H,16,17). The first-order valence-electron chi connectivity index (χ1n) is 7.36. The molecule has 0 aromatic carbocycles. The summed E-state index contributed by atoms with van der Waals surface area (Å²) in [5.41, 5.74) is -0.282. The average molecular weight is 302 g/mol. The highest BCUT2D eigenvalue weighted by molar-refractivity contribution is 7.86. The van der Waals surface area contributed by atoms with Gasteiger partial charge in [-0.05, 0) is 25.7 Å². The molecule has 0 aromatic rings. The third-order valence-corrected chi connectivity index (χ3v) is 7.38. The molecule has 1 aliphatic heterocycles. The number of nitrogens with zero attached hydrogens (tertiary/aromatic N) is 2. The van der Waals surface area contributed by atoms with E-state index in [2.05, 4.69) is 0 Å². The Bertz CT molecular complexity index is 508. The highest BCUT2D eigenvalue weighted by atomic mass is 32.2. The van der Waals surface area contributed by atoms with Crippen LogP contribution < -0.4 is 0 Å². The third-order valence-electron chi connectivity index (χ3n) is 5.42. The first kappa shape index (κ1) is 14.3. The van der Waals surface area contributed by atoms with E-state index in [0.29, 0.717) is 6.54 Å². The Morgan fingerprint density at radius 2 is 1.85 bits per heavy atom. The molecule has 1 heterocycles. The Kier molecular flexibility index (Phi) is 3.34. The van der Waals surface area contributed by atoms with E-state index in [1.54, 1.807) is 7.05 Å². The molecular formula is C13H22N2O4S. The van der Waals surface area contributed by atoms with E-state index >= 15 is 0 Å². The Hall–Kier alpha value is -0.660. The number of aliphatic carboxylic acids is 1. The maximum atomic E-state index is 12.6. The van der Waals surface area contributed by atoms with Crippen molar-refractivity contribution in [2.75, 3.05) is 13.6 Å². The molecule has 114 valence electrons. The Morgan fingerprint density at radius 3 is 2.30 bits per heavy atom. The van der Waals surface area contributed by atoms with Gasteiger partial charge in [0, 0.05) is 25.0 Å². The van der Waals surface area contributed by atoms with Crippen LogP contribution in [0.2, 0.25) is 0 Å². The van der Waals surface area contributed by atoms with Crippen molar-refractivity contribution >= 4 is 16.2 Å². The minimum Gasteiger partial charge on any atom is -0.480 e. The van der Waals surface area contributed by atoms with Crippen molar-refractivity contribution < 1.29 is 18.3 Å². The van der Waals surface area contributed by atoms with Gasteiger partial charge >= 0.3 is 5.97 Å². The molecule has 1 atom stereocenters. The largest absolute Gasteiger partial charge is 0.480 e. The highest BCUT2D eigenvalue weighted by Crippen LogP contribution is 2.54. The molecule has 0 amide bonds. The fourth-order valence-corrected chi connectivity index (χ4v) is 5.88. The molecule has 2 aliphatic carbocycles. The molecule has 0 aromatic heterocycles. The summed E-state index contributed by atoms with van der Waals surface area (Å²) in [6.45, 7) is 0.378. The van der Waals surface area contributed by atoms with E-state index in [1.807, 2.05) is 0 Å². The molecule has 6 nitrogen and oxygen atoms in total. The second-order valence-electron chi connectivity index (χ2n) is 6.46. The van der Waals surface area contributed by atoms with Gasteiger partial charge in [-0.2, -0.15) is 17.0 Å². The van der Waals surface area contributed by atoms with Gasteiger partial charge in [0.2, 0.25) is 0 Å². The van der Waals surface area contributed by atoms with Gasteiger partial charge in [-0.1, -0.05) is 19.3 Å². The lowest BCUT2D eigenvalue weighted by Gasteiger charge is -2.59. The SMILES string of the molecule is CN(C1CCCC1)S(=O)(=O)N1CC2(CCC2)C1C(=O)O. The minimum atomic E-state index is -3.64. The van der Waals surface area contributed by atoms with Crippen molar-refractivity contribution in [3.05, 3.63) is 0 Å². The van der Waals surface area contributed by atoms with Gasteiger partial charge in [-0.25, -0.2) is 0 Å². The lowest BCUT2D eigenvalue weighted by molar-refractivity contribution is -0.164. The Labute approximate surface area is 119 Å². The van der Waals surface area contributed by atoms with Crippen molar-refractivity contribution in [3.8, 4) is 0 Å². The zero-order valence-corrected chi connectivity index (χ0v) is 12.6. The summed E-state index contributed by atoms with van der Waals surface area (Å²) in [6, 6.07) is -0.822. The molecule has 7 heteroatoms. The van der Waals surface area contributed by atoms with Gasteiger partial charge < -0.3 is 5.11 Å². The third kappa shape index (κ3) is 1.90. The minimum absolute atomic E-state index is 0.0346. The van der Waals surface area contributed by atoms with Crippen LogP contribution in [0.5, 0.6) is 0 Å². The van der Waals surface area contributed by atoms with Crippen molar-refractivity contribution in [1.29, 1.82) is 0 Å². The van der Waals surface area contributed by atoms with E-state index in [4.69, 9.17) is 0 Å². The predicted octanol–water partition coefficient (Wildman–Crippen LogP) is 1.04. The smallest absolute Gasteiger partial charge is 0.322 e. The summed E-state index contributed by atoms with van der Waals surface area (Å²) in [5, 5.41) is 9.39. The van der Waals surface area contributed by atoms with Crippen LogP contribution in [0.4, 0.5) is 0 Å². The number of hydrogen-bond donors (Lipinski definition) is 1. The number of rotatable bonds is 4. The molecule has 1 spiro atoms. The van der Waals surface area contributed by atoms with Crippen molar-refractivity contribution in [2.24, 2.45) is 5.41 Å². The Balaban J connectivity index is 1.79. The average Bonchev–Trinajstić information content (AvgIpc) is 2.76. The van der Waals surface area contributed by atoms with Crippen LogP contribution in [0.1, 0.15) is 44.9 Å². The van der Waals surface area contributed by atoms with Crippen LogP contribution in [0.3, 0.4) is 0 Å². The highest BCUT2D eigenvalue weighted by Gasteiger charge is 2.63. The molecule has 3 fully saturated rings. The fraction of sp³-hybridized carbons (Fsp3) is 0.923. The van der Waals surface area contributed by atoms with Crippen molar-refractivity contribution in [3.63, 3.8) is 0 Å². The van der Waals surface area contributed by atoms with Gasteiger partial charge in [0.15, 0.2) is 0 Å². The lowest BCUT2D eigenvalue weighted by atomic mass is 9.59. The Morgan fingerprint density at radius 1 is 1.25 bits per heavy atom.